The number of esters is 1. The molecule has 0 bridgehead atoms. The van der Waals surface area contributed by atoms with E-state index >= 15 is 0 Å². The molecule has 0 spiro atoms. The number of anilines is 1. The molecule has 0 saturated carbocycles. The van der Waals surface area contributed by atoms with Gasteiger partial charge in [0.05, 0.1) is 18.7 Å². The topological polar surface area (TPSA) is 84.5 Å². The Kier molecular flexibility index (Phi) is 5.52. The summed E-state index contributed by atoms with van der Waals surface area (Å²) in [5.41, 5.74) is 2.40. The number of hydrogen-bond donors (Lipinski definition) is 1. The van der Waals surface area contributed by atoms with E-state index in [-0.39, 0.29) is 17.4 Å². The van der Waals surface area contributed by atoms with Gasteiger partial charge in [-0.3, -0.25) is 9.59 Å². The molecule has 0 amide bonds. The molecule has 1 unspecified atom stereocenters. The van der Waals surface area contributed by atoms with Gasteiger partial charge in [0.15, 0.2) is 0 Å². The van der Waals surface area contributed by atoms with Crippen LogP contribution in [-0.4, -0.2) is 36.4 Å². The van der Waals surface area contributed by atoms with Crippen LogP contribution in [0.15, 0.2) is 59.4 Å². The number of para-hydroxylation sites is 2. The standard InChI is InChI=1S/C23H23N3O4/c1-15-21(26-13-12-16(14-26)23(28)29-2)20(24-25-22(15)27)18-10-6-7-11-19(18)30-17-8-4-3-5-9-17/h3-11,16H,12-14H2,1-2H3,(H,25,27). The molecule has 2 aromatic carbocycles. The van der Waals surface area contributed by atoms with E-state index in [0.717, 1.165) is 5.56 Å². The molecule has 1 saturated heterocycles. The second kappa shape index (κ2) is 8.41. The SMILES string of the molecule is COC(=O)C1CCN(c2c(-c3ccccc3Oc3ccccc3)n[nH]c(=O)c2C)C1. The number of aromatic nitrogens is 2. The van der Waals surface area contributed by atoms with Crippen molar-refractivity contribution in [1.29, 1.82) is 0 Å². The van der Waals surface area contributed by atoms with E-state index in [1.54, 1.807) is 6.92 Å². The van der Waals surface area contributed by atoms with E-state index in [4.69, 9.17) is 9.47 Å². The van der Waals surface area contributed by atoms with Crippen LogP contribution in [0.2, 0.25) is 0 Å². The zero-order valence-corrected chi connectivity index (χ0v) is 16.9. The van der Waals surface area contributed by atoms with Gasteiger partial charge in [-0.1, -0.05) is 30.3 Å². The largest absolute Gasteiger partial charge is 0.469 e. The van der Waals surface area contributed by atoms with Crippen molar-refractivity contribution in [2.75, 3.05) is 25.1 Å². The first-order valence-electron chi connectivity index (χ1n) is 9.83. The maximum atomic E-state index is 12.4. The van der Waals surface area contributed by atoms with Crippen LogP contribution < -0.4 is 15.2 Å². The van der Waals surface area contributed by atoms with Crippen molar-refractivity contribution in [1.82, 2.24) is 10.2 Å². The zero-order chi connectivity index (χ0) is 21.1. The van der Waals surface area contributed by atoms with Crippen molar-refractivity contribution in [2.24, 2.45) is 5.92 Å². The number of nitrogens with one attached hydrogen (secondary N) is 1. The summed E-state index contributed by atoms with van der Waals surface area (Å²) in [6.07, 6.45) is 0.667. The van der Waals surface area contributed by atoms with E-state index in [0.29, 0.717) is 48.0 Å². The molecule has 1 N–H and O–H groups in total. The Bertz CT molecular complexity index is 1110. The fraction of sp³-hybridized carbons (Fsp3) is 0.261. The Hall–Kier alpha value is -3.61. The Morgan fingerprint density at radius 2 is 1.87 bits per heavy atom. The maximum absolute atomic E-state index is 12.4. The van der Waals surface area contributed by atoms with Crippen molar-refractivity contribution >= 4 is 11.7 Å². The van der Waals surface area contributed by atoms with Crippen LogP contribution in [0.5, 0.6) is 11.5 Å². The van der Waals surface area contributed by atoms with Gasteiger partial charge in [0.1, 0.15) is 17.2 Å². The van der Waals surface area contributed by atoms with E-state index in [1.165, 1.54) is 7.11 Å². The molecule has 30 heavy (non-hydrogen) atoms. The fourth-order valence-corrected chi connectivity index (χ4v) is 3.79. The van der Waals surface area contributed by atoms with Gasteiger partial charge in [-0.15, -0.1) is 0 Å². The highest BCUT2D eigenvalue weighted by atomic mass is 16.5. The number of carbonyl (C=O) groups excluding carboxylic acids is 1. The van der Waals surface area contributed by atoms with Crippen LogP contribution in [0, 0.1) is 12.8 Å². The smallest absolute Gasteiger partial charge is 0.310 e. The van der Waals surface area contributed by atoms with Gasteiger partial charge in [-0.2, -0.15) is 5.10 Å². The molecular weight excluding hydrogens is 382 g/mol. The summed E-state index contributed by atoms with van der Waals surface area (Å²) < 4.78 is 11.0. The third-order valence-electron chi connectivity index (χ3n) is 5.34. The van der Waals surface area contributed by atoms with E-state index in [2.05, 4.69) is 10.2 Å². The van der Waals surface area contributed by atoms with Crippen molar-refractivity contribution in [3.8, 4) is 22.8 Å². The zero-order valence-electron chi connectivity index (χ0n) is 16.9. The average molecular weight is 405 g/mol. The van der Waals surface area contributed by atoms with Crippen LogP contribution in [-0.2, 0) is 9.53 Å². The number of rotatable bonds is 5. The summed E-state index contributed by atoms with van der Waals surface area (Å²) in [4.78, 5) is 26.4. The molecule has 1 aromatic heterocycles. The number of nitrogens with zero attached hydrogens (tertiary/aromatic N) is 2. The Morgan fingerprint density at radius 1 is 1.13 bits per heavy atom. The van der Waals surface area contributed by atoms with Crippen LogP contribution in [0.1, 0.15) is 12.0 Å². The lowest BCUT2D eigenvalue weighted by Gasteiger charge is -2.23. The third kappa shape index (κ3) is 3.78. The van der Waals surface area contributed by atoms with Crippen LogP contribution in [0.25, 0.3) is 11.3 Å². The number of benzene rings is 2. The van der Waals surface area contributed by atoms with E-state index < -0.39 is 0 Å². The molecule has 0 aliphatic carbocycles. The minimum Gasteiger partial charge on any atom is -0.469 e. The first-order chi connectivity index (χ1) is 14.6. The lowest BCUT2D eigenvalue weighted by Crippen LogP contribution is -2.28. The summed E-state index contributed by atoms with van der Waals surface area (Å²) in [6, 6.07) is 17.1. The van der Waals surface area contributed by atoms with Gasteiger partial charge in [-0.25, -0.2) is 5.10 Å². The molecule has 3 aromatic rings. The molecule has 7 heteroatoms. The predicted octanol–water partition coefficient (Wildman–Crippen LogP) is 3.54. The highest BCUT2D eigenvalue weighted by Gasteiger charge is 2.32. The van der Waals surface area contributed by atoms with Gasteiger partial charge in [-0.05, 0) is 37.6 Å². The van der Waals surface area contributed by atoms with Crippen molar-refractivity contribution < 1.29 is 14.3 Å². The quantitative estimate of drug-likeness (QED) is 0.654. The van der Waals surface area contributed by atoms with Crippen molar-refractivity contribution in [3.05, 3.63) is 70.5 Å². The molecule has 4 rings (SSSR count). The van der Waals surface area contributed by atoms with E-state index in [1.807, 2.05) is 59.5 Å². The predicted molar refractivity (Wildman–Crippen MR) is 114 cm³/mol. The lowest BCUT2D eigenvalue weighted by molar-refractivity contribution is -0.144. The van der Waals surface area contributed by atoms with Gasteiger partial charge >= 0.3 is 5.97 Å². The normalized spacial score (nSPS) is 15.8. The third-order valence-corrected chi connectivity index (χ3v) is 5.34. The van der Waals surface area contributed by atoms with Crippen LogP contribution in [0.3, 0.4) is 0 Å². The molecule has 0 radical (unpaired) electrons. The highest BCUT2D eigenvalue weighted by molar-refractivity contribution is 5.82. The van der Waals surface area contributed by atoms with Gasteiger partial charge in [0.2, 0.25) is 0 Å². The minimum absolute atomic E-state index is 0.225. The summed E-state index contributed by atoms with van der Waals surface area (Å²) in [5.74, 6) is 0.881. The molecule has 1 atom stereocenters. The van der Waals surface area contributed by atoms with Crippen molar-refractivity contribution in [3.63, 3.8) is 0 Å². The molecule has 1 fully saturated rings. The second-order valence-corrected chi connectivity index (χ2v) is 7.24. The molecule has 7 nitrogen and oxygen atoms in total. The number of H-pyrrole nitrogens is 1. The number of hydrogen-bond acceptors (Lipinski definition) is 6. The molecule has 2 heterocycles. The van der Waals surface area contributed by atoms with Crippen LogP contribution in [0.4, 0.5) is 5.69 Å². The monoisotopic (exact) mass is 405 g/mol. The van der Waals surface area contributed by atoms with Gasteiger partial charge in [0, 0.05) is 24.2 Å². The lowest BCUT2D eigenvalue weighted by atomic mass is 10.1. The average Bonchev–Trinajstić information content (AvgIpc) is 3.26. The first-order valence-corrected chi connectivity index (χ1v) is 9.83. The Morgan fingerprint density at radius 3 is 2.63 bits per heavy atom. The maximum Gasteiger partial charge on any atom is 0.310 e. The number of aromatic amines is 1. The van der Waals surface area contributed by atoms with E-state index in [9.17, 15) is 9.59 Å². The Labute approximate surface area is 174 Å². The summed E-state index contributed by atoms with van der Waals surface area (Å²) in [5, 5.41) is 6.96. The minimum atomic E-state index is -0.253. The number of ether oxygens (including phenoxy) is 2. The molecule has 1 aliphatic rings. The number of methoxy groups -OCH3 is 1. The van der Waals surface area contributed by atoms with Gasteiger partial charge in [0.25, 0.3) is 5.56 Å². The van der Waals surface area contributed by atoms with Crippen molar-refractivity contribution in [2.45, 2.75) is 13.3 Å². The molecule has 1 aliphatic heterocycles. The van der Waals surface area contributed by atoms with Crippen LogP contribution >= 0.6 is 0 Å². The Balaban J connectivity index is 1.77. The van der Waals surface area contributed by atoms with Gasteiger partial charge < -0.3 is 14.4 Å². The summed E-state index contributed by atoms with van der Waals surface area (Å²) in [6.45, 7) is 2.89. The first kappa shape index (κ1) is 19.7. The highest BCUT2D eigenvalue weighted by Crippen LogP contribution is 2.39. The molecular formula is C23H23N3O4. The molecule has 154 valence electrons. The second-order valence-electron chi connectivity index (χ2n) is 7.24. The summed E-state index contributed by atoms with van der Waals surface area (Å²) in [7, 11) is 1.40. The number of carbonyl (C=O) groups is 1. The summed E-state index contributed by atoms with van der Waals surface area (Å²) >= 11 is 0. The fourth-order valence-electron chi connectivity index (χ4n) is 3.79.